The van der Waals surface area contributed by atoms with Crippen LogP contribution in [0.4, 0.5) is 0 Å². The van der Waals surface area contributed by atoms with Gasteiger partial charge in [0.25, 0.3) is 5.91 Å². The van der Waals surface area contributed by atoms with E-state index in [-0.39, 0.29) is 17.4 Å². The van der Waals surface area contributed by atoms with Crippen molar-refractivity contribution < 1.29 is 19.1 Å². The van der Waals surface area contributed by atoms with Gasteiger partial charge in [0.1, 0.15) is 12.4 Å². The first kappa shape index (κ1) is 21.5. The van der Waals surface area contributed by atoms with Gasteiger partial charge in [-0.2, -0.15) is 5.10 Å². The molecule has 4 rings (SSSR count). The molecule has 1 heterocycles. The maximum Gasteiger partial charge on any atom is 0.338 e. The Morgan fingerprint density at radius 3 is 2.84 bits per heavy atom. The van der Waals surface area contributed by atoms with Crippen molar-refractivity contribution >= 4 is 28.9 Å². The molecular weight excluding hydrogens is 414 g/mol. The standard InChI is InChI=1S/C23H27N3O4S/c1-22(2)16-7-8-23(22,3)19(10-16)25-26-20(27)12-30-21(28)15-5-4-6-18(9-15)29-11-17-13-31-14-24-17/h4-6,9,13-14,16H,7-8,10-12H2,1-3H3,(H,26,27)/b25-19-. The van der Waals surface area contributed by atoms with Crippen molar-refractivity contribution in [1.29, 1.82) is 0 Å². The molecule has 2 saturated carbocycles. The average Bonchev–Trinajstić information content (AvgIpc) is 3.40. The highest BCUT2D eigenvalue weighted by Crippen LogP contribution is 2.63. The third kappa shape index (κ3) is 4.21. The molecule has 2 aliphatic rings. The minimum Gasteiger partial charge on any atom is -0.487 e. The van der Waals surface area contributed by atoms with Gasteiger partial charge in [0.15, 0.2) is 6.61 Å². The molecule has 1 amide bonds. The Hall–Kier alpha value is -2.74. The zero-order valence-electron chi connectivity index (χ0n) is 18.0. The van der Waals surface area contributed by atoms with E-state index in [0.29, 0.717) is 23.8 Å². The molecule has 2 aliphatic carbocycles. The number of nitrogens with one attached hydrogen (secondary N) is 1. The van der Waals surface area contributed by atoms with Crippen molar-refractivity contribution in [2.45, 2.75) is 46.6 Å². The number of fused-ring (bicyclic) bond motifs is 2. The molecule has 2 unspecified atom stereocenters. The van der Waals surface area contributed by atoms with Gasteiger partial charge < -0.3 is 9.47 Å². The SMILES string of the molecule is CC12CCC(C/C1=N/NC(=O)COC(=O)c1cccc(OCc3cscn3)c1)C2(C)C. The second-order valence-corrected chi connectivity index (χ2v) is 9.68. The fraction of sp³-hybridized carbons (Fsp3) is 0.478. The van der Waals surface area contributed by atoms with Crippen LogP contribution in [0, 0.1) is 16.7 Å². The lowest BCUT2D eigenvalue weighted by molar-refractivity contribution is -0.124. The molecule has 7 nitrogen and oxygen atoms in total. The van der Waals surface area contributed by atoms with Crippen LogP contribution < -0.4 is 10.2 Å². The number of hydrogen-bond acceptors (Lipinski definition) is 7. The first-order chi connectivity index (χ1) is 14.8. The molecule has 1 aromatic carbocycles. The summed E-state index contributed by atoms with van der Waals surface area (Å²) in [6.07, 6.45) is 3.22. The van der Waals surface area contributed by atoms with E-state index in [1.807, 2.05) is 5.38 Å². The van der Waals surface area contributed by atoms with E-state index in [4.69, 9.17) is 9.47 Å². The number of rotatable bonds is 7. The normalized spacial score (nSPS) is 24.9. The second-order valence-electron chi connectivity index (χ2n) is 8.96. The van der Waals surface area contributed by atoms with Crippen LogP contribution in [0.15, 0.2) is 40.3 Å². The first-order valence-corrected chi connectivity index (χ1v) is 11.4. The molecule has 0 saturated heterocycles. The highest BCUT2D eigenvalue weighted by Gasteiger charge is 2.60. The topological polar surface area (TPSA) is 89.9 Å². The van der Waals surface area contributed by atoms with E-state index in [0.717, 1.165) is 24.2 Å². The average molecular weight is 442 g/mol. The molecule has 2 bridgehead atoms. The van der Waals surface area contributed by atoms with Crippen molar-refractivity contribution in [3.63, 3.8) is 0 Å². The van der Waals surface area contributed by atoms with Crippen molar-refractivity contribution in [2.75, 3.05) is 6.61 Å². The lowest BCUT2D eigenvalue weighted by Gasteiger charge is -2.34. The molecule has 31 heavy (non-hydrogen) atoms. The van der Waals surface area contributed by atoms with Crippen LogP contribution in [0.2, 0.25) is 0 Å². The Labute approximate surface area is 185 Å². The molecule has 0 spiro atoms. The lowest BCUT2D eigenvalue weighted by atomic mass is 9.70. The summed E-state index contributed by atoms with van der Waals surface area (Å²) in [6.45, 7) is 6.73. The Morgan fingerprint density at radius 1 is 1.32 bits per heavy atom. The molecule has 2 aromatic rings. The largest absolute Gasteiger partial charge is 0.487 e. The van der Waals surface area contributed by atoms with E-state index >= 15 is 0 Å². The van der Waals surface area contributed by atoms with E-state index < -0.39 is 11.9 Å². The van der Waals surface area contributed by atoms with Gasteiger partial charge in [0.2, 0.25) is 0 Å². The maximum absolute atomic E-state index is 12.3. The molecule has 2 atom stereocenters. The quantitative estimate of drug-likeness (QED) is 0.514. The number of aromatic nitrogens is 1. The zero-order valence-corrected chi connectivity index (χ0v) is 18.8. The van der Waals surface area contributed by atoms with Crippen molar-refractivity contribution in [1.82, 2.24) is 10.4 Å². The van der Waals surface area contributed by atoms with E-state index in [2.05, 4.69) is 36.3 Å². The molecule has 8 heteroatoms. The van der Waals surface area contributed by atoms with E-state index in [1.165, 1.54) is 17.8 Å². The van der Waals surface area contributed by atoms with Crippen LogP contribution in [-0.2, 0) is 16.1 Å². The van der Waals surface area contributed by atoms with Gasteiger partial charge in [0.05, 0.1) is 16.8 Å². The minimum absolute atomic E-state index is 0.0145. The summed E-state index contributed by atoms with van der Waals surface area (Å²) in [7, 11) is 0. The summed E-state index contributed by atoms with van der Waals surface area (Å²) in [5.41, 5.74) is 6.69. The molecule has 1 N–H and O–H groups in total. The van der Waals surface area contributed by atoms with Gasteiger partial charge in [-0.3, -0.25) is 4.79 Å². The second kappa shape index (κ2) is 8.42. The number of hydrazone groups is 1. The lowest BCUT2D eigenvalue weighted by Crippen LogP contribution is -2.34. The Bertz CT molecular complexity index is 1000. The molecule has 0 radical (unpaired) electrons. The zero-order chi connectivity index (χ0) is 22.1. The number of thiazole rings is 1. The number of carbonyl (C=O) groups is 2. The van der Waals surface area contributed by atoms with Crippen LogP contribution in [0.5, 0.6) is 5.75 Å². The minimum atomic E-state index is -0.588. The number of ether oxygens (including phenoxy) is 2. The number of esters is 1. The maximum atomic E-state index is 12.3. The third-order valence-corrected chi connectivity index (χ3v) is 7.74. The number of benzene rings is 1. The predicted octanol–water partition coefficient (Wildman–Crippen LogP) is 4.20. The fourth-order valence-electron chi connectivity index (χ4n) is 4.65. The summed E-state index contributed by atoms with van der Waals surface area (Å²) < 4.78 is 10.8. The van der Waals surface area contributed by atoms with Crippen LogP contribution in [0.25, 0.3) is 0 Å². The van der Waals surface area contributed by atoms with Crippen molar-refractivity contribution in [3.05, 3.63) is 46.4 Å². The van der Waals surface area contributed by atoms with Crippen LogP contribution >= 0.6 is 11.3 Å². The summed E-state index contributed by atoms with van der Waals surface area (Å²) >= 11 is 1.49. The molecule has 2 fully saturated rings. The number of hydrogen-bond donors (Lipinski definition) is 1. The Balaban J connectivity index is 1.28. The van der Waals surface area contributed by atoms with Gasteiger partial charge in [-0.1, -0.05) is 26.8 Å². The van der Waals surface area contributed by atoms with Gasteiger partial charge in [-0.15, -0.1) is 11.3 Å². The smallest absolute Gasteiger partial charge is 0.338 e. The predicted molar refractivity (Wildman–Crippen MR) is 118 cm³/mol. The summed E-state index contributed by atoms with van der Waals surface area (Å²) in [4.78, 5) is 28.7. The van der Waals surface area contributed by atoms with Crippen LogP contribution in [0.1, 0.15) is 56.1 Å². The highest BCUT2D eigenvalue weighted by atomic mass is 32.1. The van der Waals surface area contributed by atoms with E-state index in [9.17, 15) is 9.59 Å². The Morgan fingerprint density at radius 2 is 2.16 bits per heavy atom. The fourth-order valence-corrected chi connectivity index (χ4v) is 5.20. The first-order valence-electron chi connectivity index (χ1n) is 10.4. The molecule has 0 aliphatic heterocycles. The molecule has 164 valence electrons. The van der Waals surface area contributed by atoms with Gasteiger partial charge in [-0.05, 0) is 48.8 Å². The highest BCUT2D eigenvalue weighted by molar-refractivity contribution is 7.07. The monoisotopic (exact) mass is 441 g/mol. The number of nitrogens with zero attached hydrogens (tertiary/aromatic N) is 2. The summed E-state index contributed by atoms with van der Waals surface area (Å²) in [5, 5.41) is 6.29. The van der Waals surface area contributed by atoms with Crippen LogP contribution in [-0.4, -0.2) is 29.2 Å². The van der Waals surface area contributed by atoms with Crippen molar-refractivity contribution in [2.24, 2.45) is 21.8 Å². The van der Waals surface area contributed by atoms with E-state index in [1.54, 1.807) is 29.8 Å². The summed E-state index contributed by atoms with van der Waals surface area (Å²) in [5.74, 6) is 0.109. The number of amides is 1. The molecule has 1 aromatic heterocycles. The van der Waals surface area contributed by atoms with Gasteiger partial charge in [0, 0.05) is 16.5 Å². The number of carbonyl (C=O) groups excluding carboxylic acids is 2. The summed E-state index contributed by atoms with van der Waals surface area (Å²) in [6, 6.07) is 6.67. The van der Waals surface area contributed by atoms with Gasteiger partial charge in [-0.25, -0.2) is 15.2 Å². The van der Waals surface area contributed by atoms with Gasteiger partial charge >= 0.3 is 5.97 Å². The third-order valence-electron chi connectivity index (χ3n) is 7.10. The Kier molecular flexibility index (Phi) is 5.83. The molecular formula is C23H27N3O4S. The van der Waals surface area contributed by atoms with Crippen LogP contribution in [0.3, 0.4) is 0 Å². The van der Waals surface area contributed by atoms with Crippen molar-refractivity contribution in [3.8, 4) is 5.75 Å².